The Hall–Kier alpha value is -1.51. The van der Waals surface area contributed by atoms with Crippen LogP contribution in [0.4, 0.5) is 0 Å². The van der Waals surface area contributed by atoms with E-state index in [2.05, 4.69) is 18.3 Å². The smallest absolute Gasteiger partial charge is 0.223 e. The molecule has 0 radical (unpaired) electrons. The molecule has 1 aromatic carbocycles. The Bertz CT molecular complexity index is 403. The maximum atomic E-state index is 11.6. The van der Waals surface area contributed by atoms with Crippen LogP contribution in [0.2, 0.25) is 0 Å². The van der Waals surface area contributed by atoms with Gasteiger partial charge in [0.2, 0.25) is 5.91 Å². The zero-order chi connectivity index (χ0) is 12.3. The largest absolute Gasteiger partial charge is 0.497 e. The van der Waals surface area contributed by atoms with E-state index in [0.717, 1.165) is 18.6 Å². The van der Waals surface area contributed by atoms with Crippen LogP contribution >= 0.6 is 0 Å². The van der Waals surface area contributed by atoms with Gasteiger partial charge in [0.15, 0.2) is 0 Å². The van der Waals surface area contributed by atoms with E-state index in [4.69, 9.17) is 4.74 Å². The van der Waals surface area contributed by atoms with E-state index in [9.17, 15) is 4.79 Å². The molecule has 2 rings (SSSR count). The molecule has 1 fully saturated rings. The first kappa shape index (κ1) is 12.0. The first-order valence-electron chi connectivity index (χ1n) is 6.11. The summed E-state index contributed by atoms with van der Waals surface area (Å²) in [7, 11) is 1.66. The van der Waals surface area contributed by atoms with Gasteiger partial charge in [0.1, 0.15) is 5.75 Å². The van der Waals surface area contributed by atoms with E-state index in [1.54, 1.807) is 7.11 Å². The molecule has 1 aliphatic rings. The highest BCUT2D eigenvalue weighted by molar-refractivity contribution is 5.81. The summed E-state index contributed by atoms with van der Waals surface area (Å²) in [5.41, 5.74) is 1.19. The van der Waals surface area contributed by atoms with Crippen molar-refractivity contribution < 1.29 is 9.53 Å². The van der Waals surface area contributed by atoms with Crippen LogP contribution in [0.25, 0.3) is 0 Å². The minimum absolute atomic E-state index is 0.209. The van der Waals surface area contributed by atoms with Crippen LogP contribution in [0.1, 0.15) is 18.9 Å². The van der Waals surface area contributed by atoms with Crippen molar-refractivity contribution in [2.45, 2.75) is 19.8 Å². The lowest BCUT2D eigenvalue weighted by Gasteiger charge is -2.06. The lowest BCUT2D eigenvalue weighted by atomic mass is 10.1. The van der Waals surface area contributed by atoms with Gasteiger partial charge in [0.05, 0.1) is 7.11 Å². The summed E-state index contributed by atoms with van der Waals surface area (Å²) in [5.74, 6) is 1.91. The standard InChI is InChI=1S/C14H19NO2/c1-10-8-13(10)14(16)15-7-6-11-4-3-5-12(9-11)17-2/h3-5,9-10,13H,6-8H2,1-2H3,(H,15,16). The van der Waals surface area contributed by atoms with Gasteiger partial charge in [-0.15, -0.1) is 0 Å². The van der Waals surface area contributed by atoms with Crippen molar-refractivity contribution in [2.24, 2.45) is 11.8 Å². The van der Waals surface area contributed by atoms with Gasteiger partial charge < -0.3 is 10.1 Å². The van der Waals surface area contributed by atoms with Crippen molar-refractivity contribution in [1.82, 2.24) is 5.32 Å². The molecule has 1 saturated carbocycles. The molecule has 0 spiro atoms. The van der Waals surface area contributed by atoms with Crippen molar-refractivity contribution in [1.29, 1.82) is 0 Å². The van der Waals surface area contributed by atoms with Gasteiger partial charge in [-0.25, -0.2) is 0 Å². The minimum Gasteiger partial charge on any atom is -0.497 e. The molecule has 2 atom stereocenters. The Kier molecular flexibility index (Phi) is 3.67. The Balaban J connectivity index is 1.75. The highest BCUT2D eigenvalue weighted by atomic mass is 16.5. The van der Waals surface area contributed by atoms with Crippen molar-refractivity contribution in [3.8, 4) is 5.75 Å². The molecule has 0 aromatic heterocycles. The first-order valence-corrected chi connectivity index (χ1v) is 6.11. The number of hydrogen-bond donors (Lipinski definition) is 1. The molecule has 1 aromatic rings. The van der Waals surface area contributed by atoms with Gasteiger partial charge in [-0.1, -0.05) is 19.1 Å². The molecule has 0 heterocycles. The molecule has 3 heteroatoms. The predicted octanol–water partition coefficient (Wildman–Crippen LogP) is 2.01. The van der Waals surface area contributed by atoms with E-state index in [1.165, 1.54) is 5.56 Å². The minimum atomic E-state index is 0.209. The Morgan fingerprint density at radius 3 is 2.94 bits per heavy atom. The highest BCUT2D eigenvalue weighted by Crippen LogP contribution is 2.37. The third-order valence-electron chi connectivity index (χ3n) is 3.29. The second-order valence-corrected chi connectivity index (χ2v) is 4.71. The molecule has 1 aliphatic carbocycles. The molecule has 92 valence electrons. The molecule has 0 saturated heterocycles. The molecule has 1 N–H and O–H groups in total. The van der Waals surface area contributed by atoms with Crippen LogP contribution in [0.3, 0.4) is 0 Å². The summed E-state index contributed by atoms with van der Waals surface area (Å²) in [6.07, 6.45) is 1.90. The van der Waals surface area contributed by atoms with E-state index >= 15 is 0 Å². The molecule has 1 amide bonds. The fourth-order valence-electron chi connectivity index (χ4n) is 1.98. The number of ether oxygens (including phenoxy) is 1. The second-order valence-electron chi connectivity index (χ2n) is 4.71. The molecular formula is C14H19NO2. The SMILES string of the molecule is COc1cccc(CCNC(=O)C2CC2C)c1. The van der Waals surface area contributed by atoms with Crippen molar-refractivity contribution in [3.63, 3.8) is 0 Å². The van der Waals surface area contributed by atoms with Crippen molar-refractivity contribution in [3.05, 3.63) is 29.8 Å². The maximum absolute atomic E-state index is 11.6. The zero-order valence-electron chi connectivity index (χ0n) is 10.4. The zero-order valence-corrected chi connectivity index (χ0v) is 10.4. The summed E-state index contributed by atoms with van der Waals surface area (Å²) in [4.78, 5) is 11.6. The number of nitrogens with one attached hydrogen (secondary N) is 1. The molecule has 3 nitrogen and oxygen atoms in total. The number of rotatable bonds is 5. The molecule has 17 heavy (non-hydrogen) atoms. The molecular weight excluding hydrogens is 214 g/mol. The summed E-state index contributed by atoms with van der Waals surface area (Å²) < 4.78 is 5.16. The van der Waals surface area contributed by atoms with Crippen LogP contribution in [0.15, 0.2) is 24.3 Å². The fourth-order valence-corrected chi connectivity index (χ4v) is 1.98. The molecule has 0 bridgehead atoms. The van der Waals surface area contributed by atoms with E-state index < -0.39 is 0 Å². The first-order chi connectivity index (χ1) is 8.20. The Labute approximate surface area is 102 Å². The van der Waals surface area contributed by atoms with Gasteiger partial charge in [0.25, 0.3) is 0 Å². The normalized spacial score (nSPS) is 22.0. The number of carbonyl (C=O) groups excluding carboxylic acids is 1. The van der Waals surface area contributed by atoms with Gasteiger partial charge in [0, 0.05) is 12.5 Å². The quantitative estimate of drug-likeness (QED) is 0.845. The Morgan fingerprint density at radius 2 is 2.29 bits per heavy atom. The highest BCUT2D eigenvalue weighted by Gasteiger charge is 2.38. The summed E-state index contributed by atoms with van der Waals surface area (Å²) in [6.45, 7) is 2.82. The Morgan fingerprint density at radius 1 is 1.53 bits per heavy atom. The second kappa shape index (κ2) is 5.21. The monoisotopic (exact) mass is 233 g/mol. The topological polar surface area (TPSA) is 38.3 Å². The third-order valence-corrected chi connectivity index (χ3v) is 3.29. The number of amides is 1. The van der Waals surface area contributed by atoms with Gasteiger partial charge in [-0.3, -0.25) is 4.79 Å². The number of benzene rings is 1. The summed E-state index contributed by atoms with van der Waals surface area (Å²) in [5, 5.41) is 2.98. The number of carbonyl (C=O) groups is 1. The van der Waals surface area contributed by atoms with Gasteiger partial charge >= 0.3 is 0 Å². The lowest BCUT2D eigenvalue weighted by molar-refractivity contribution is -0.122. The maximum Gasteiger partial charge on any atom is 0.223 e. The van der Waals surface area contributed by atoms with Crippen LogP contribution < -0.4 is 10.1 Å². The average molecular weight is 233 g/mol. The van der Waals surface area contributed by atoms with Crippen LogP contribution in [0.5, 0.6) is 5.75 Å². The van der Waals surface area contributed by atoms with Crippen LogP contribution in [-0.4, -0.2) is 19.6 Å². The molecule has 0 aliphatic heterocycles. The van der Waals surface area contributed by atoms with Crippen LogP contribution in [-0.2, 0) is 11.2 Å². The number of methoxy groups -OCH3 is 1. The van der Waals surface area contributed by atoms with Crippen molar-refractivity contribution >= 4 is 5.91 Å². The summed E-state index contributed by atoms with van der Waals surface area (Å²) >= 11 is 0. The van der Waals surface area contributed by atoms with E-state index in [0.29, 0.717) is 12.5 Å². The van der Waals surface area contributed by atoms with Crippen molar-refractivity contribution in [2.75, 3.05) is 13.7 Å². The average Bonchev–Trinajstić information content (AvgIpc) is 3.07. The van der Waals surface area contributed by atoms with E-state index in [1.807, 2.05) is 18.2 Å². The fraction of sp³-hybridized carbons (Fsp3) is 0.500. The van der Waals surface area contributed by atoms with Gasteiger partial charge in [-0.2, -0.15) is 0 Å². The lowest BCUT2D eigenvalue weighted by Crippen LogP contribution is -2.27. The third kappa shape index (κ3) is 3.22. The number of hydrogen-bond acceptors (Lipinski definition) is 2. The molecule has 2 unspecified atom stereocenters. The van der Waals surface area contributed by atoms with Gasteiger partial charge in [-0.05, 0) is 36.5 Å². The van der Waals surface area contributed by atoms with Crippen LogP contribution in [0, 0.1) is 11.8 Å². The summed E-state index contributed by atoms with van der Waals surface area (Å²) in [6, 6.07) is 7.95. The predicted molar refractivity (Wildman–Crippen MR) is 67.0 cm³/mol. The van der Waals surface area contributed by atoms with E-state index in [-0.39, 0.29) is 11.8 Å².